The molecule has 0 fully saturated rings. The third kappa shape index (κ3) is 2.34. The lowest BCUT2D eigenvalue weighted by Gasteiger charge is -2.08. The topological polar surface area (TPSA) is 81.4 Å². The third-order valence-corrected chi connectivity index (χ3v) is 4.29. The Morgan fingerprint density at radius 1 is 1.36 bits per heavy atom. The molecule has 0 radical (unpaired) electrons. The van der Waals surface area contributed by atoms with Crippen molar-refractivity contribution in [3.63, 3.8) is 0 Å². The van der Waals surface area contributed by atoms with E-state index in [1.165, 1.54) is 10.7 Å². The second-order valence-electron chi connectivity index (χ2n) is 4.36. The van der Waals surface area contributed by atoms with Crippen LogP contribution in [0.15, 0.2) is 35.1 Å². The molecule has 0 atom stereocenters. The van der Waals surface area contributed by atoms with E-state index in [1.54, 1.807) is 31.4 Å². The Morgan fingerprint density at radius 2 is 2.05 bits per heavy atom. The van der Waals surface area contributed by atoms with Gasteiger partial charge in [0.25, 0.3) is 0 Å². The summed E-state index contributed by atoms with van der Waals surface area (Å²) in [4.78, 5) is 23.9. The number of carboxylic acids is 1. The number of methoxy groups -OCH3 is 1. The summed E-state index contributed by atoms with van der Waals surface area (Å²) in [6.07, 6.45) is 0. The van der Waals surface area contributed by atoms with Crippen molar-refractivity contribution in [3.8, 4) is 11.4 Å². The Balaban J connectivity index is 2.33. The molecule has 0 unspecified atom stereocenters. The first-order valence-corrected chi connectivity index (χ1v) is 7.31. The number of hydrogen-bond donors (Lipinski definition) is 1. The van der Waals surface area contributed by atoms with Gasteiger partial charge in [0, 0.05) is 0 Å². The Bertz CT molecular complexity index is 930. The van der Waals surface area contributed by atoms with E-state index in [0.29, 0.717) is 20.6 Å². The molecular weight excluding hydrogens is 328 g/mol. The maximum atomic E-state index is 12.1. The lowest BCUT2D eigenvalue weighted by molar-refractivity contribution is 0.0687. The van der Waals surface area contributed by atoms with E-state index in [0.717, 1.165) is 11.3 Å². The summed E-state index contributed by atoms with van der Waals surface area (Å²) < 4.78 is 6.87. The summed E-state index contributed by atoms with van der Waals surface area (Å²) in [6.45, 7) is 0. The number of hydrogen-bond acceptors (Lipinski definition) is 5. The van der Waals surface area contributed by atoms with Crippen molar-refractivity contribution in [2.75, 3.05) is 7.11 Å². The second-order valence-corrected chi connectivity index (χ2v) is 6.02. The second kappa shape index (κ2) is 5.43. The van der Waals surface area contributed by atoms with Gasteiger partial charge in [-0.1, -0.05) is 11.6 Å². The van der Waals surface area contributed by atoms with Gasteiger partial charge in [-0.15, -0.1) is 11.3 Å². The van der Waals surface area contributed by atoms with Crippen LogP contribution in [0.3, 0.4) is 0 Å². The van der Waals surface area contributed by atoms with Crippen LogP contribution in [0.5, 0.6) is 5.75 Å². The Morgan fingerprint density at radius 3 is 2.64 bits per heavy atom. The quantitative estimate of drug-likeness (QED) is 0.795. The highest BCUT2D eigenvalue weighted by Crippen LogP contribution is 2.29. The SMILES string of the molecule is COc1ccc(-n2nc(C(=O)O)c(=O)c3cc(Cl)sc32)cc1. The van der Waals surface area contributed by atoms with Crippen LogP contribution in [-0.4, -0.2) is 28.0 Å². The number of carbonyl (C=O) groups is 1. The van der Waals surface area contributed by atoms with Crippen LogP contribution in [0.2, 0.25) is 4.34 Å². The first-order chi connectivity index (χ1) is 10.5. The zero-order valence-electron chi connectivity index (χ0n) is 11.2. The van der Waals surface area contributed by atoms with E-state index in [4.69, 9.17) is 21.4 Å². The molecule has 6 nitrogen and oxygen atoms in total. The predicted octanol–water partition coefficient (Wildman–Crippen LogP) is 2.81. The van der Waals surface area contributed by atoms with Gasteiger partial charge in [0.2, 0.25) is 11.1 Å². The lowest BCUT2D eigenvalue weighted by Crippen LogP contribution is -2.21. The van der Waals surface area contributed by atoms with Crippen LogP contribution in [0.4, 0.5) is 0 Å². The maximum absolute atomic E-state index is 12.1. The fraction of sp³-hybridized carbons (Fsp3) is 0.0714. The van der Waals surface area contributed by atoms with E-state index < -0.39 is 17.1 Å². The molecule has 2 aromatic heterocycles. The Labute approximate surface area is 133 Å². The molecule has 0 aliphatic heterocycles. The van der Waals surface area contributed by atoms with Gasteiger partial charge in [0.15, 0.2) is 0 Å². The molecule has 1 aromatic carbocycles. The summed E-state index contributed by atoms with van der Waals surface area (Å²) in [5.41, 5.74) is -0.583. The zero-order chi connectivity index (χ0) is 15.9. The molecule has 22 heavy (non-hydrogen) atoms. The Hall–Kier alpha value is -2.38. The first kappa shape index (κ1) is 14.6. The summed E-state index contributed by atoms with van der Waals surface area (Å²) in [6, 6.07) is 8.33. The smallest absolute Gasteiger partial charge is 0.360 e. The fourth-order valence-corrected chi connectivity index (χ4v) is 3.21. The molecular formula is C14H9ClN2O4S. The van der Waals surface area contributed by atoms with Gasteiger partial charge in [-0.05, 0) is 30.3 Å². The normalized spacial score (nSPS) is 10.8. The van der Waals surface area contributed by atoms with E-state index in [1.807, 2.05) is 0 Å². The van der Waals surface area contributed by atoms with Crippen molar-refractivity contribution in [3.05, 3.63) is 50.6 Å². The summed E-state index contributed by atoms with van der Waals surface area (Å²) in [5, 5.41) is 13.3. The number of halogens is 1. The number of ether oxygens (including phenoxy) is 1. The van der Waals surface area contributed by atoms with Crippen molar-refractivity contribution < 1.29 is 14.6 Å². The van der Waals surface area contributed by atoms with Gasteiger partial charge in [-0.2, -0.15) is 5.10 Å². The predicted molar refractivity (Wildman–Crippen MR) is 83.7 cm³/mol. The van der Waals surface area contributed by atoms with Crippen LogP contribution in [0.1, 0.15) is 10.5 Å². The molecule has 8 heteroatoms. The minimum atomic E-state index is -1.38. The van der Waals surface area contributed by atoms with E-state index in [-0.39, 0.29) is 5.39 Å². The number of nitrogens with zero attached hydrogens (tertiary/aromatic N) is 2. The average molecular weight is 337 g/mol. The number of carboxylic acid groups (broad SMARTS) is 1. The number of rotatable bonds is 3. The summed E-state index contributed by atoms with van der Waals surface area (Å²) in [5.74, 6) is -0.722. The van der Waals surface area contributed by atoms with Gasteiger partial charge in [0.1, 0.15) is 10.6 Å². The van der Waals surface area contributed by atoms with Crippen LogP contribution in [0.25, 0.3) is 15.9 Å². The number of benzene rings is 1. The van der Waals surface area contributed by atoms with Crippen molar-refractivity contribution in [1.82, 2.24) is 9.78 Å². The number of fused-ring (bicyclic) bond motifs is 1. The number of thiophene rings is 1. The largest absolute Gasteiger partial charge is 0.497 e. The maximum Gasteiger partial charge on any atom is 0.360 e. The fourth-order valence-electron chi connectivity index (χ4n) is 2.03. The highest BCUT2D eigenvalue weighted by molar-refractivity contribution is 7.22. The third-order valence-electron chi connectivity index (χ3n) is 3.05. The van der Waals surface area contributed by atoms with E-state index in [2.05, 4.69) is 5.10 Å². The Kier molecular flexibility index (Phi) is 3.59. The lowest BCUT2D eigenvalue weighted by atomic mass is 10.2. The molecule has 0 saturated heterocycles. The highest BCUT2D eigenvalue weighted by Gasteiger charge is 2.19. The van der Waals surface area contributed by atoms with Gasteiger partial charge in [-0.3, -0.25) is 4.79 Å². The summed E-state index contributed by atoms with van der Waals surface area (Å²) >= 11 is 7.13. The van der Waals surface area contributed by atoms with Gasteiger partial charge >= 0.3 is 5.97 Å². The van der Waals surface area contributed by atoms with Crippen LogP contribution in [0, 0.1) is 0 Å². The average Bonchev–Trinajstić information content (AvgIpc) is 2.90. The standard InChI is InChI=1S/C14H9ClN2O4S/c1-21-8-4-2-7(3-5-8)17-13-9(6-10(15)22-13)12(18)11(16-17)14(19)20/h2-6H,1H3,(H,19,20). The molecule has 0 aliphatic rings. The van der Waals surface area contributed by atoms with Gasteiger partial charge in [-0.25, -0.2) is 9.48 Å². The van der Waals surface area contributed by atoms with Crippen molar-refractivity contribution in [2.24, 2.45) is 0 Å². The monoisotopic (exact) mass is 336 g/mol. The van der Waals surface area contributed by atoms with Crippen molar-refractivity contribution >= 4 is 39.1 Å². The molecule has 0 saturated carbocycles. The van der Waals surface area contributed by atoms with Crippen molar-refractivity contribution in [2.45, 2.75) is 0 Å². The van der Waals surface area contributed by atoms with Gasteiger partial charge in [0.05, 0.1) is 22.5 Å². The number of aromatic nitrogens is 2. The van der Waals surface area contributed by atoms with Gasteiger partial charge < -0.3 is 9.84 Å². The minimum absolute atomic E-state index is 0.234. The van der Waals surface area contributed by atoms with Crippen LogP contribution >= 0.6 is 22.9 Å². The van der Waals surface area contributed by atoms with E-state index >= 15 is 0 Å². The molecule has 1 N–H and O–H groups in total. The molecule has 0 amide bonds. The minimum Gasteiger partial charge on any atom is -0.497 e. The molecule has 3 aromatic rings. The molecule has 0 bridgehead atoms. The summed E-state index contributed by atoms with van der Waals surface area (Å²) in [7, 11) is 1.55. The number of aromatic carboxylic acids is 1. The molecule has 0 spiro atoms. The van der Waals surface area contributed by atoms with Crippen LogP contribution < -0.4 is 10.2 Å². The molecule has 0 aliphatic carbocycles. The van der Waals surface area contributed by atoms with Crippen molar-refractivity contribution in [1.29, 1.82) is 0 Å². The molecule has 3 rings (SSSR count). The van der Waals surface area contributed by atoms with Crippen LogP contribution in [-0.2, 0) is 0 Å². The molecule has 112 valence electrons. The first-order valence-electron chi connectivity index (χ1n) is 6.11. The zero-order valence-corrected chi connectivity index (χ0v) is 12.8. The van der Waals surface area contributed by atoms with E-state index in [9.17, 15) is 9.59 Å². The highest BCUT2D eigenvalue weighted by atomic mass is 35.5. The molecule has 2 heterocycles.